The van der Waals surface area contributed by atoms with E-state index in [1.807, 2.05) is 24.3 Å². The molecular weight excluding hydrogens is 316 g/mol. The molecule has 1 aromatic carbocycles. The highest BCUT2D eigenvalue weighted by molar-refractivity contribution is 9.11. The third-order valence-electron chi connectivity index (χ3n) is 1.61. The molecule has 0 aliphatic rings. The number of hydrogen-bond acceptors (Lipinski definition) is 4. The lowest BCUT2D eigenvalue weighted by atomic mass is 10.4. The molecule has 1 aromatic heterocycles. The van der Waals surface area contributed by atoms with Crippen LogP contribution in [-0.2, 0) is 5.75 Å². The standard InChI is InChI=1S/C9H6BrClN2S2/c10-9-12-8(13-15-9)5-14-7-3-1-2-6(11)4-7/h1-4H,5H2. The monoisotopic (exact) mass is 320 g/mol. The van der Waals surface area contributed by atoms with Gasteiger partial charge in [0.05, 0.1) is 5.75 Å². The molecule has 0 saturated heterocycles. The van der Waals surface area contributed by atoms with Crippen molar-refractivity contribution >= 4 is 50.8 Å². The Balaban J connectivity index is 1.99. The minimum atomic E-state index is 0.757. The van der Waals surface area contributed by atoms with Crippen LogP contribution >= 0.6 is 50.8 Å². The number of rotatable bonds is 3. The van der Waals surface area contributed by atoms with Gasteiger partial charge in [-0.25, -0.2) is 4.98 Å². The number of benzene rings is 1. The van der Waals surface area contributed by atoms with Crippen molar-refractivity contribution in [1.82, 2.24) is 9.36 Å². The molecule has 2 rings (SSSR count). The van der Waals surface area contributed by atoms with Gasteiger partial charge in [0.15, 0.2) is 9.74 Å². The first-order valence-electron chi connectivity index (χ1n) is 4.10. The zero-order valence-corrected chi connectivity index (χ0v) is 11.5. The van der Waals surface area contributed by atoms with Crippen LogP contribution in [0.3, 0.4) is 0 Å². The van der Waals surface area contributed by atoms with E-state index >= 15 is 0 Å². The Morgan fingerprint density at radius 2 is 2.33 bits per heavy atom. The minimum Gasteiger partial charge on any atom is -0.212 e. The Morgan fingerprint density at radius 1 is 1.47 bits per heavy atom. The van der Waals surface area contributed by atoms with E-state index in [-0.39, 0.29) is 0 Å². The summed E-state index contributed by atoms with van der Waals surface area (Å²) in [7, 11) is 0. The summed E-state index contributed by atoms with van der Waals surface area (Å²) >= 11 is 12.2. The topological polar surface area (TPSA) is 25.8 Å². The van der Waals surface area contributed by atoms with Crippen molar-refractivity contribution in [1.29, 1.82) is 0 Å². The first kappa shape index (κ1) is 11.4. The van der Waals surface area contributed by atoms with Gasteiger partial charge in [-0.15, -0.1) is 11.8 Å². The zero-order chi connectivity index (χ0) is 10.7. The lowest BCUT2D eigenvalue weighted by Crippen LogP contribution is -1.82. The van der Waals surface area contributed by atoms with E-state index in [0.29, 0.717) is 0 Å². The van der Waals surface area contributed by atoms with Gasteiger partial charge in [0.25, 0.3) is 0 Å². The Kier molecular flexibility index (Phi) is 4.02. The van der Waals surface area contributed by atoms with Crippen molar-refractivity contribution in [2.45, 2.75) is 10.6 Å². The summed E-state index contributed by atoms with van der Waals surface area (Å²) in [4.78, 5) is 5.35. The molecule has 2 aromatic rings. The fourth-order valence-corrected chi connectivity index (χ4v) is 3.00. The fourth-order valence-electron chi connectivity index (χ4n) is 0.996. The molecule has 0 bridgehead atoms. The van der Waals surface area contributed by atoms with Crippen LogP contribution < -0.4 is 0 Å². The highest BCUT2D eigenvalue weighted by Crippen LogP contribution is 2.25. The van der Waals surface area contributed by atoms with E-state index < -0.39 is 0 Å². The number of hydrogen-bond donors (Lipinski definition) is 0. The van der Waals surface area contributed by atoms with Crippen molar-refractivity contribution < 1.29 is 0 Å². The molecule has 15 heavy (non-hydrogen) atoms. The largest absolute Gasteiger partial charge is 0.212 e. The summed E-state index contributed by atoms with van der Waals surface area (Å²) in [5.41, 5.74) is 0. The highest BCUT2D eigenvalue weighted by atomic mass is 79.9. The fraction of sp³-hybridized carbons (Fsp3) is 0.111. The van der Waals surface area contributed by atoms with E-state index in [4.69, 9.17) is 11.6 Å². The van der Waals surface area contributed by atoms with Gasteiger partial charge in [-0.2, -0.15) is 4.37 Å². The molecule has 0 amide bonds. The SMILES string of the molecule is Clc1cccc(SCc2nsc(Br)n2)c1. The summed E-state index contributed by atoms with van der Waals surface area (Å²) in [6.07, 6.45) is 0. The molecule has 0 aliphatic carbocycles. The lowest BCUT2D eigenvalue weighted by molar-refractivity contribution is 1.12. The van der Waals surface area contributed by atoms with Gasteiger partial charge in [-0.1, -0.05) is 17.7 Å². The second-order valence-corrected chi connectivity index (χ2v) is 6.22. The van der Waals surface area contributed by atoms with Crippen molar-refractivity contribution in [2.24, 2.45) is 0 Å². The van der Waals surface area contributed by atoms with E-state index in [1.54, 1.807) is 11.8 Å². The van der Waals surface area contributed by atoms with E-state index in [2.05, 4.69) is 25.3 Å². The quantitative estimate of drug-likeness (QED) is 0.791. The molecule has 0 radical (unpaired) electrons. The third-order valence-corrected chi connectivity index (χ3v) is 3.99. The van der Waals surface area contributed by atoms with Crippen LogP contribution in [0.5, 0.6) is 0 Å². The smallest absolute Gasteiger partial charge is 0.179 e. The normalized spacial score (nSPS) is 10.5. The second kappa shape index (κ2) is 5.30. The predicted molar refractivity (Wildman–Crippen MR) is 68.6 cm³/mol. The minimum absolute atomic E-state index is 0.757. The van der Waals surface area contributed by atoms with Crippen LogP contribution in [0.25, 0.3) is 0 Å². The summed E-state index contributed by atoms with van der Waals surface area (Å²) < 4.78 is 5.01. The molecule has 78 valence electrons. The van der Waals surface area contributed by atoms with Crippen LogP contribution in [0, 0.1) is 0 Å². The summed E-state index contributed by atoms with van der Waals surface area (Å²) in [6.45, 7) is 0. The molecular formula is C9H6BrClN2S2. The zero-order valence-electron chi connectivity index (χ0n) is 7.48. The van der Waals surface area contributed by atoms with Crippen molar-refractivity contribution in [3.63, 3.8) is 0 Å². The van der Waals surface area contributed by atoms with E-state index in [0.717, 1.165) is 25.4 Å². The molecule has 0 saturated carbocycles. The Labute approximate surface area is 109 Å². The average Bonchev–Trinajstić information content (AvgIpc) is 2.62. The molecule has 2 nitrogen and oxygen atoms in total. The number of aromatic nitrogens is 2. The predicted octanol–water partition coefficient (Wildman–Crippen LogP) is 4.25. The van der Waals surface area contributed by atoms with Crippen molar-refractivity contribution in [2.75, 3.05) is 0 Å². The van der Waals surface area contributed by atoms with Crippen molar-refractivity contribution in [3.05, 3.63) is 39.0 Å². The number of halogens is 2. The van der Waals surface area contributed by atoms with Gasteiger partial charge in [-0.05, 0) is 45.7 Å². The number of thioether (sulfide) groups is 1. The van der Waals surface area contributed by atoms with Crippen LogP contribution in [0.15, 0.2) is 33.1 Å². The third kappa shape index (κ3) is 3.45. The van der Waals surface area contributed by atoms with Gasteiger partial charge in [-0.3, -0.25) is 0 Å². The maximum Gasteiger partial charge on any atom is 0.179 e. The van der Waals surface area contributed by atoms with Crippen LogP contribution in [0.1, 0.15) is 5.82 Å². The Hall–Kier alpha value is -0.100. The van der Waals surface area contributed by atoms with Crippen LogP contribution in [0.2, 0.25) is 5.02 Å². The summed E-state index contributed by atoms with van der Waals surface area (Å²) in [6, 6.07) is 7.77. The summed E-state index contributed by atoms with van der Waals surface area (Å²) in [5.74, 6) is 1.61. The molecule has 0 atom stereocenters. The van der Waals surface area contributed by atoms with Gasteiger partial charge < -0.3 is 0 Å². The second-order valence-electron chi connectivity index (χ2n) is 2.71. The van der Waals surface area contributed by atoms with Crippen LogP contribution in [0.4, 0.5) is 0 Å². The molecule has 0 unspecified atom stereocenters. The lowest BCUT2D eigenvalue weighted by Gasteiger charge is -1.98. The van der Waals surface area contributed by atoms with Gasteiger partial charge in [0, 0.05) is 9.92 Å². The molecule has 0 fully saturated rings. The van der Waals surface area contributed by atoms with Crippen LogP contribution in [-0.4, -0.2) is 9.36 Å². The van der Waals surface area contributed by atoms with Gasteiger partial charge in [0.2, 0.25) is 0 Å². The molecule has 0 N–H and O–H groups in total. The van der Waals surface area contributed by atoms with Crippen molar-refractivity contribution in [3.8, 4) is 0 Å². The molecule has 6 heteroatoms. The first-order valence-corrected chi connectivity index (χ1v) is 7.03. The van der Waals surface area contributed by atoms with Gasteiger partial charge in [0.1, 0.15) is 0 Å². The molecule has 1 heterocycles. The highest BCUT2D eigenvalue weighted by Gasteiger charge is 2.02. The Bertz CT molecular complexity index is 461. The summed E-state index contributed by atoms with van der Waals surface area (Å²) in [5, 5.41) is 0.757. The maximum absolute atomic E-state index is 5.88. The Morgan fingerprint density at radius 3 is 3.00 bits per heavy atom. The van der Waals surface area contributed by atoms with E-state index in [9.17, 15) is 0 Å². The van der Waals surface area contributed by atoms with Gasteiger partial charge >= 0.3 is 0 Å². The first-order chi connectivity index (χ1) is 7.24. The maximum atomic E-state index is 5.88. The molecule has 0 spiro atoms. The molecule has 0 aliphatic heterocycles. The average molecular weight is 322 g/mol. The number of nitrogens with zero attached hydrogens (tertiary/aromatic N) is 2. The van der Waals surface area contributed by atoms with E-state index in [1.165, 1.54) is 11.5 Å².